The summed E-state index contributed by atoms with van der Waals surface area (Å²) in [6.45, 7) is 2.24. The standard InChI is InChI=1S/C23H28F4/c1-2-4-17-6-11-19(12-7-17)20-13-8-18(9-14-20)10-15-21-5-3-16-22(24,25)23(21,26)27/h3,5,8-9,13-14,16-17,19H,2,4,6-7,10-12,15H2,1H3. The molecule has 0 N–H and O–H groups in total. The molecule has 1 fully saturated rings. The Morgan fingerprint density at radius 2 is 1.59 bits per heavy atom. The Labute approximate surface area is 159 Å². The van der Waals surface area contributed by atoms with Gasteiger partial charge in [0.15, 0.2) is 0 Å². The van der Waals surface area contributed by atoms with E-state index in [2.05, 4.69) is 19.1 Å². The molecule has 0 spiro atoms. The maximum atomic E-state index is 13.9. The van der Waals surface area contributed by atoms with Crippen molar-refractivity contribution >= 4 is 0 Å². The van der Waals surface area contributed by atoms with Crippen LogP contribution in [0.15, 0.2) is 48.1 Å². The minimum absolute atomic E-state index is 0.0611. The summed E-state index contributed by atoms with van der Waals surface area (Å²) in [7, 11) is 0. The summed E-state index contributed by atoms with van der Waals surface area (Å²) in [6.07, 6.45) is 10.3. The van der Waals surface area contributed by atoms with Gasteiger partial charge < -0.3 is 0 Å². The Bertz CT molecular complexity index is 677. The van der Waals surface area contributed by atoms with E-state index in [-0.39, 0.29) is 12.5 Å². The second-order valence-electron chi connectivity index (χ2n) is 8.00. The molecule has 0 atom stereocenters. The maximum absolute atomic E-state index is 13.9. The number of aryl methyl sites for hydroxylation is 1. The predicted molar refractivity (Wildman–Crippen MR) is 101 cm³/mol. The molecular formula is C23H28F4. The molecule has 1 saturated carbocycles. The average molecular weight is 380 g/mol. The second-order valence-corrected chi connectivity index (χ2v) is 8.00. The summed E-state index contributed by atoms with van der Waals surface area (Å²) >= 11 is 0. The molecule has 0 heterocycles. The summed E-state index contributed by atoms with van der Waals surface area (Å²) in [5.74, 6) is -6.75. The highest BCUT2D eigenvalue weighted by molar-refractivity contribution is 5.33. The SMILES string of the molecule is CCCC1CCC(c2ccc(CCC3=CC=CC(F)(F)C3(F)F)cc2)CC1. The van der Waals surface area contributed by atoms with Gasteiger partial charge in [-0.05, 0) is 67.6 Å². The quantitative estimate of drug-likeness (QED) is 0.449. The van der Waals surface area contributed by atoms with Gasteiger partial charge in [-0.3, -0.25) is 0 Å². The molecule has 1 aromatic rings. The second kappa shape index (κ2) is 8.20. The molecule has 4 heteroatoms. The van der Waals surface area contributed by atoms with E-state index in [1.807, 2.05) is 12.1 Å². The first-order valence-electron chi connectivity index (χ1n) is 10.1. The van der Waals surface area contributed by atoms with Crippen LogP contribution in [0, 0.1) is 5.92 Å². The number of allylic oxidation sites excluding steroid dienone is 4. The van der Waals surface area contributed by atoms with Crippen molar-refractivity contribution < 1.29 is 17.6 Å². The van der Waals surface area contributed by atoms with E-state index in [4.69, 9.17) is 0 Å². The van der Waals surface area contributed by atoms with Crippen LogP contribution in [0.25, 0.3) is 0 Å². The van der Waals surface area contributed by atoms with Gasteiger partial charge in [-0.1, -0.05) is 56.2 Å². The van der Waals surface area contributed by atoms with Crippen molar-refractivity contribution in [2.45, 2.75) is 76.1 Å². The molecule has 0 nitrogen and oxygen atoms in total. The predicted octanol–water partition coefficient (Wildman–Crippen LogP) is 7.46. The maximum Gasteiger partial charge on any atom is 0.335 e. The normalized spacial score (nSPS) is 26.6. The van der Waals surface area contributed by atoms with E-state index in [9.17, 15) is 17.6 Å². The number of rotatable bonds is 6. The molecule has 27 heavy (non-hydrogen) atoms. The molecule has 0 aliphatic heterocycles. The van der Waals surface area contributed by atoms with Crippen molar-refractivity contribution in [3.8, 4) is 0 Å². The van der Waals surface area contributed by atoms with Crippen molar-refractivity contribution in [2.24, 2.45) is 5.92 Å². The monoisotopic (exact) mass is 380 g/mol. The first-order valence-corrected chi connectivity index (χ1v) is 10.1. The van der Waals surface area contributed by atoms with Crippen LogP contribution in [0.2, 0.25) is 0 Å². The van der Waals surface area contributed by atoms with Crippen LogP contribution < -0.4 is 0 Å². The summed E-state index contributed by atoms with van der Waals surface area (Å²) < 4.78 is 54.6. The third-order valence-electron chi connectivity index (χ3n) is 6.10. The highest BCUT2D eigenvalue weighted by Gasteiger charge is 2.57. The largest absolute Gasteiger partial charge is 0.335 e. The molecule has 0 unspecified atom stereocenters. The third-order valence-corrected chi connectivity index (χ3v) is 6.10. The fourth-order valence-electron chi connectivity index (χ4n) is 4.38. The van der Waals surface area contributed by atoms with Crippen LogP contribution in [0.1, 0.15) is 68.9 Å². The van der Waals surface area contributed by atoms with Crippen molar-refractivity contribution in [1.29, 1.82) is 0 Å². The molecule has 0 radical (unpaired) electrons. The number of halogens is 4. The van der Waals surface area contributed by atoms with Gasteiger partial charge in [0.1, 0.15) is 0 Å². The van der Waals surface area contributed by atoms with Gasteiger partial charge in [-0.2, -0.15) is 17.6 Å². The Kier molecular flexibility index (Phi) is 6.12. The van der Waals surface area contributed by atoms with Crippen molar-refractivity contribution in [2.75, 3.05) is 0 Å². The minimum Gasteiger partial charge on any atom is -0.195 e. The first kappa shape index (κ1) is 20.2. The smallest absolute Gasteiger partial charge is 0.195 e. The number of benzene rings is 1. The Morgan fingerprint density at radius 1 is 0.926 bits per heavy atom. The molecule has 3 rings (SSSR count). The lowest BCUT2D eigenvalue weighted by Gasteiger charge is -2.29. The van der Waals surface area contributed by atoms with Crippen LogP contribution in [0.4, 0.5) is 17.6 Å². The van der Waals surface area contributed by atoms with E-state index in [1.54, 1.807) is 0 Å². The molecule has 1 aromatic carbocycles. The Morgan fingerprint density at radius 3 is 2.22 bits per heavy atom. The van der Waals surface area contributed by atoms with Gasteiger partial charge in [0.2, 0.25) is 0 Å². The van der Waals surface area contributed by atoms with Gasteiger partial charge >= 0.3 is 11.8 Å². The van der Waals surface area contributed by atoms with Crippen LogP contribution in [-0.2, 0) is 6.42 Å². The zero-order chi connectivity index (χ0) is 19.5. The third kappa shape index (κ3) is 4.47. The molecule has 2 aliphatic carbocycles. The topological polar surface area (TPSA) is 0 Å². The van der Waals surface area contributed by atoms with Crippen LogP contribution >= 0.6 is 0 Å². The van der Waals surface area contributed by atoms with Crippen molar-refractivity contribution in [3.05, 3.63) is 59.2 Å². The van der Waals surface area contributed by atoms with E-state index in [1.165, 1.54) is 44.1 Å². The van der Waals surface area contributed by atoms with E-state index < -0.39 is 17.4 Å². The minimum atomic E-state index is -4.10. The molecule has 0 saturated heterocycles. The van der Waals surface area contributed by atoms with E-state index in [0.717, 1.165) is 23.6 Å². The van der Waals surface area contributed by atoms with Gasteiger partial charge in [-0.25, -0.2) is 0 Å². The fraction of sp³-hybridized carbons (Fsp3) is 0.565. The summed E-state index contributed by atoms with van der Waals surface area (Å²) in [6, 6.07) is 8.09. The number of alkyl halides is 4. The van der Waals surface area contributed by atoms with Gasteiger partial charge in [0, 0.05) is 5.57 Å². The molecule has 0 aromatic heterocycles. The fourth-order valence-corrected chi connectivity index (χ4v) is 4.38. The lowest BCUT2D eigenvalue weighted by Crippen LogP contribution is -2.42. The lowest BCUT2D eigenvalue weighted by molar-refractivity contribution is -0.157. The zero-order valence-electron chi connectivity index (χ0n) is 15.9. The number of hydrogen-bond acceptors (Lipinski definition) is 0. The Balaban J connectivity index is 1.56. The van der Waals surface area contributed by atoms with Crippen LogP contribution in [0.3, 0.4) is 0 Å². The Hall–Kier alpha value is -1.58. The highest BCUT2D eigenvalue weighted by Crippen LogP contribution is 2.45. The van der Waals surface area contributed by atoms with Crippen LogP contribution in [0.5, 0.6) is 0 Å². The number of hydrogen-bond donors (Lipinski definition) is 0. The van der Waals surface area contributed by atoms with Gasteiger partial charge in [0.05, 0.1) is 0 Å². The summed E-state index contributed by atoms with van der Waals surface area (Å²) in [5, 5.41) is 0. The van der Waals surface area contributed by atoms with Crippen molar-refractivity contribution in [1.82, 2.24) is 0 Å². The van der Waals surface area contributed by atoms with E-state index >= 15 is 0 Å². The molecule has 0 bridgehead atoms. The molecule has 0 amide bonds. The van der Waals surface area contributed by atoms with Crippen molar-refractivity contribution in [3.63, 3.8) is 0 Å². The molecular weight excluding hydrogens is 352 g/mol. The highest BCUT2D eigenvalue weighted by atomic mass is 19.3. The zero-order valence-corrected chi connectivity index (χ0v) is 15.9. The lowest BCUT2D eigenvalue weighted by atomic mass is 9.77. The summed E-state index contributed by atoms with van der Waals surface area (Å²) in [4.78, 5) is 0. The van der Waals surface area contributed by atoms with E-state index in [0.29, 0.717) is 12.3 Å². The average Bonchev–Trinajstić information content (AvgIpc) is 2.64. The van der Waals surface area contributed by atoms with Gasteiger partial charge in [0.25, 0.3) is 0 Å². The molecule has 2 aliphatic rings. The molecule has 148 valence electrons. The van der Waals surface area contributed by atoms with Gasteiger partial charge in [-0.15, -0.1) is 0 Å². The first-order chi connectivity index (χ1) is 12.8. The summed E-state index contributed by atoms with van der Waals surface area (Å²) in [5.41, 5.74) is 1.73. The van der Waals surface area contributed by atoms with Crippen LogP contribution in [-0.4, -0.2) is 11.8 Å².